The van der Waals surface area contributed by atoms with E-state index in [9.17, 15) is 4.39 Å². The van der Waals surface area contributed by atoms with Gasteiger partial charge in [-0.15, -0.1) is 11.3 Å². The van der Waals surface area contributed by atoms with Gasteiger partial charge < -0.3 is 4.74 Å². The Balaban J connectivity index is 1.61. The Bertz CT molecular complexity index is 1070. The monoisotopic (exact) mass is 366 g/mol. The lowest BCUT2D eigenvalue weighted by molar-refractivity contribution is 0.276. The Kier molecular flexibility index (Phi) is 3.67. The summed E-state index contributed by atoms with van der Waals surface area (Å²) in [6, 6.07) is 8.57. The smallest absolute Gasteiger partial charge is 0.316 e. The predicted molar refractivity (Wildman–Crippen MR) is 97.7 cm³/mol. The minimum atomic E-state index is -0.269. The molecule has 4 aromatic rings. The molecule has 0 bridgehead atoms. The average molecular weight is 366 g/mol. The summed E-state index contributed by atoms with van der Waals surface area (Å²) in [6.07, 6.45) is 6.09. The number of ether oxygens (including phenoxy) is 1. The Morgan fingerprint density at radius 1 is 1.15 bits per heavy atom. The molecule has 0 aliphatic heterocycles. The van der Waals surface area contributed by atoms with Gasteiger partial charge in [0.15, 0.2) is 4.96 Å². The molecule has 0 radical (unpaired) electrons. The van der Waals surface area contributed by atoms with Crippen LogP contribution in [0.1, 0.15) is 12.8 Å². The standard InChI is InChI=1S/C19H15FN4OS/c20-14-5-3-13(4-6-14)16-17(24-9-10-26-19(24)23-16)15-7-8-21-18(22-15)25-11-12-1-2-12/h3-10,12H,1-2,11H2. The lowest BCUT2D eigenvalue weighted by Gasteiger charge is -2.07. The third-order valence-corrected chi connectivity index (χ3v) is 5.16. The average Bonchev–Trinajstić information content (AvgIpc) is 3.26. The second-order valence-electron chi connectivity index (χ2n) is 6.35. The maximum atomic E-state index is 13.3. The molecule has 1 aliphatic rings. The first-order valence-corrected chi connectivity index (χ1v) is 9.33. The van der Waals surface area contributed by atoms with Crippen molar-refractivity contribution in [3.05, 3.63) is 53.9 Å². The van der Waals surface area contributed by atoms with Gasteiger partial charge in [0.2, 0.25) is 0 Å². The highest BCUT2D eigenvalue weighted by Gasteiger charge is 2.23. The Morgan fingerprint density at radius 3 is 2.81 bits per heavy atom. The van der Waals surface area contributed by atoms with Gasteiger partial charge in [0.25, 0.3) is 0 Å². The summed E-state index contributed by atoms with van der Waals surface area (Å²) in [5, 5.41) is 1.98. The van der Waals surface area contributed by atoms with E-state index in [2.05, 4.69) is 9.97 Å². The molecule has 7 heteroatoms. The van der Waals surface area contributed by atoms with Crippen molar-refractivity contribution in [2.45, 2.75) is 12.8 Å². The highest BCUT2D eigenvalue weighted by Crippen LogP contribution is 2.34. The molecule has 3 heterocycles. The normalized spacial score (nSPS) is 14.0. The molecule has 1 fully saturated rings. The van der Waals surface area contributed by atoms with Crippen LogP contribution in [0.15, 0.2) is 48.1 Å². The molecule has 0 amide bonds. The van der Waals surface area contributed by atoms with Crippen molar-refractivity contribution >= 4 is 16.3 Å². The highest BCUT2D eigenvalue weighted by molar-refractivity contribution is 7.15. The number of imidazole rings is 1. The van der Waals surface area contributed by atoms with Crippen LogP contribution in [-0.4, -0.2) is 26.0 Å². The Labute approximate surface area is 153 Å². The van der Waals surface area contributed by atoms with Crippen LogP contribution < -0.4 is 4.74 Å². The molecule has 130 valence electrons. The van der Waals surface area contributed by atoms with Gasteiger partial charge in [-0.1, -0.05) is 0 Å². The predicted octanol–water partition coefficient (Wildman–Crippen LogP) is 4.45. The quantitative estimate of drug-likeness (QED) is 0.524. The minimum absolute atomic E-state index is 0.269. The first-order chi connectivity index (χ1) is 12.8. The van der Waals surface area contributed by atoms with Gasteiger partial charge in [0.05, 0.1) is 18.0 Å². The molecule has 1 aromatic carbocycles. The SMILES string of the molecule is Fc1ccc(-c2nc3sccn3c2-c2ccnc(OCC3CC3)n2)cc1. The van der Waals surface area contributed by atoms with E-state index in [1.807, 2.05) is 22.0 Å². The second kappa shape index (κ2) is 6.17. The van der Waals surface area contributed by atoms with Gasteiger partial charge in [-0.3, -0.25) is 4.40 Å². The van der Waals surface area contributed by atoms with Crippen LogP contribution in [-0.2, 0) is 0 Å². The van der Waals surface area contributed by atoms with Crippen LogP contribution in [0, 0.1) is 11.7 Å². The van der Waals surface area contributed by atoms with Crippen molar-refractivity contribution in [1.82, 2.24) is 19.4 Å². The number of rotatable bonds is 5. The van der Waals surface area contributed by atoms with E-state index in [1.54, 1.807) is 29.7 Å². The molecular weight excluding hydrogens is 351 g/mol. The van der Waals surface area contributed by atoms with Crippen LogP contribution in [0.4, 0.5) is 4.39 Å². The summed E-state index contributed by atoms with van der Waals surface area (Å²) >= 11 is 1.54. The highest BCUT2D eigenvalue weighted by atomic mass is 32.1. The lowest BCUT2D eigenvalue weighted by Crippen LogP contribution is -2.03. The minimum Gasteiger partial charge on any atom is -0.463 e. The number of hydrogen-bond acceptors (Lipinski definition) is 5. The van der Waals surface area contributed by atoms with Gasteiger partial charge >= 0.3 is 6.01 Å². The first-order valence-electron chi connectivity index (χ1n) is 8.45. The number of fused-ring (bicyclic) bond motifs is 1. The third kappa shape index (κ3) is 2.84. The molecule has 0 unspecified atom stereocenters. The van der Waals surface area contributed by atoms with Gasteiger partial charge in [-0.05, 0) is 49.1 Å². The number of halogens is 1. The molecule has 0 spiro atoms. The summed E-state index contributed by atoms with van der Waals surface area (Å²) in [6.45, 7) is 0.661. The van der Waals surface area contributed by atoms with Crippen LogP contribution in [0.25, 0.3) is 27.6 Å². The number of thiazole rings is 1. The Morgan fingerprint density at radius 2 is 2.00 bits per heavy atom. The van der Waals surface area contributed by atoms with Crippen LogP contribution >= 0.6 is 11.3 Å². The van der Waals surface area contributed by atoms with Gasteiger partial charge in [-0.2, -0.15) is 4.98 Å². The first kappa shape index (κ1) is 15.5. The zero-order valence-electron chi connectivity index (χ0n) is 13.8. The number of aromatic nitrogens is 4. The molecule has 3 aromatic heterocycles. The largest absolute Gasteiger partial charge is 0.463 e. The molecule has 5 nitrogen and oxygen atoms in total. The summed E-state index contributed by atoms with van der Waals surface area (Å²) in [5.74, 6) is 0.365. The van der Waals surface area contributed by atoms with Gasteiger partial charge in [-0.25, -0.2) is 14.4 Å². The lowest BCUT2D eigenvalue weighted by atomic mass is 10.1. The molecule has 1 aliphatic carbocycles. The molecule has 0 N–H and O–H groups in total. The van der Waals surface area contributed by atoms with Crippen molar-refractivity contribution in [3.8, 4) is 28.7 Å². The van der Waals surface area contributed by atoms with Crippen molar-refractivity contribution < 1.29 is 9.13 Å². The topological polar surface area (TPSA) is 52.3 Å². The summed E-state index contributed by atoms with van der Waals surface area (Å²) in [5.41, 5.74) is 3.20. The van der Waals surface area contributed by atoms with Crippen LogP contribution in [0.2, 0.25) is 0 Å². The fourth-order valence-corrected chi connectivity index (χ4v) is 3.57. The molecular formula is C19H15FN4OS. The van der Waals surface area contributed by atoms with Crippen molar-refractivity contribution in [3.63, 3.8) is 0 Å². The van der Waals surface area contributed by atoms with E-state index < -0.39 is 0 Å². The van der Waals surface area contributed by atoms with E-state index in [4.69, 9.17) is 9.72 Å². The molecule has 0 atom stereocenters. The van der Waals surface area contributed by atoms with E-state index >= 15 is 0 Å². The van der Waals surface area contributed by atoms with Crippen molar-refractivity contribution in [2.24, 2.45) is 5.92 Å². The fourth-order valence-electron chi connectivity index (χ4n) is 2.86. The molecule has 0 saturated heterocycles. The zero-order chi connectivity index (χ0) is 17.5. The summed E-state index contributed by atoms with van der Waals surface area (Å²) in [7, 11) is 0. The third-order valence-electron chi connectivity index (χ3n) is 4.40. The molecule has 26 heavy (non-hydrogen) atoms. The number of hydrogen-bond donors (Lipinski definition) is 0. The second-order valence-corrected chi connectivity index (χ2v) is 7.22. The molecule has 5 rings (SSSR count). The summed E-state index contributed by atoms with van der Waals surface area (Å²) in [4.78, 5) is 14.4. The molecule has 1 saturated carbocycles. The van der Waals surface area contributed by atoms with Crippen LogP contribution in [0.3, 0.4) is 0 Å². The van der Waals surface area contributed by atoms with Gasteiger partial charge in [0, 0.05) is 23.3 Å². The zero-order valence-corrected chi connectivity index (χ0v) is 14.6. The van der Waals surface area contributed by atoms with E-state index in [1.165, 1.54) is 25.0 Å². The maximum Gasteiger partial charge on any atom is 0.316 e. The van der Waals surface area contributed by atoms with Crippen LogP contribution in [0.5, 0.6) is 6.01 Å². The Hall–Kier alpha value is -2.80. The van der Waals surface area contributed by atoms with Crippen molar-refractivity contribution in [1.29, 1.82) is 0 Å². The van der Waals surface area contributed by atoms with Gasteiger partial charge in [0.1, 0.15) is 11.5 Å². The van der Waals surface area contributed by atoms with E-state index in [0.717, 1.165) is 27.6 Å². The summed E-state index contributed by atoms with van der Waals surface area (Å²) < 4.78 is 21.0. The van der Waals surface area contributed by atoms with E-state index in [-0.39, 0.29) is 5.82 Å². The maximum absolute atomic E-state index is 13.3. The fraction of sp³-hybridized carbons (Fsp3) is 0.211. The number of benzene rings is 1. The van der Waals surface area contributed by atoms with E-state index in [0.29, 0.717) is 18.5 Å². The number of nitrogens with zero attached hydrogens (tertiary/aromatic N) is 4. The van der Waals surface area contributed by atoms with Crippen molar-refractivity contribution in [2.75, 3.05) is 6.61 Å².